The Morgan fingerprint density at radius 2 is 2.31 bits per heavy atom. The van der Waals surface area contributed by atoms with Crippen LogP contribution in [0.3, 0.4) is 0 Å². The SMILES string of the molecule is CC1=CCCC(=O)[C@]2(C)CCC[C@@H]12. The van der Waals surface area contributed by atoms with Crippen LogP contribution in [-0.4, -0.2) is 5.78 Å². The number of allylic oxidation sites excluding steroid dienone is 2. The van der Waals surface area contributed by atoms with E-state index in [0.717, 1.165) is 19.3 Å². The Labute approximate surface area is 80.2 Å². The Kier molecular flexibility index (Phi) is 2.05. The zero-order chi connectivity index (χ0) is 9.47. The zero-order valence-corrected chi connectivity index (χ0v) is 8.60. The van der Waals surface area contributed by atoms with Crippen molar-refractivity contribution in [3.63, 3.8) is 0 Å². The Morgan fingerprint density at radius 3 is 3.08 bits per heavy atom. The molecule has 0 aromatic carbocycles. The maximum absolute atomic E-state index is 11.9. The molecule has 0 aliphatic heterocycles. The number of ketones is 1. The minimum Gasteiger partial charge on any atom is -0.299 e. The summed E-state index contributed by atoms with van der Waals surface area (Å²) in [5.41, 5.74) is 1.46. The summed E-state index contributed by atoms with van der Waals surface area (Å²) in [7, 11) is 0. The lowest BCUT2D eigenvalue weighted by Crippen LogP contribution is -2.30. The molecule has 0 saturated heterocycles. The van der Waals surface area contributed by atoms with Gasteiger partial charge in [0.05, 0.1) is 0 Å². The maximum atomic E-state index is 11.9. The van der Waals surface area contributed by atoms with Crippen LogP contribution in [0, 0.1) is 11.3 Å². The Hall–Kier alpha value is -0.590. The first-order valence-corrected chi connectivity index (χ1v) is 5.34. The fraction of sp³-hybridized carbons (Fsp3) is 0.750. The zero-order valence-electron chi connectivity index (χ0n) is 8.60. The monoisotopic (exact) mass is 178 g/mol. The van der Waals surface area contributed by atoms with Crippen LogP contribution in [0.2, 0.25) is 0 Å². The first-order chi connectivity index (χ1) is 6.14. The lowest BCUT2D eigenvalue weighted by Gasteiger charge is -2.29. The van der Waals surface area contributed by atoms with E-state index >= 15 is 0 Å². The van der Waals surface area contributed by atoms with Crippen molar-refractivity contribution in [3.8, 4) is 0 Å². The van der Waals surface area contributed by atoms with Crippen molar-refractivity contribution in [2.45, 2.75) is 46.0 Å². The molecule has 0 bridgehead atoms. The second-order valence-electron chi connectivity index (χ2n) is 4.77. The molecule has 72 valence electrons. The van der Waals surface area contributed by atoms with E-state index in [0.29, 0.717) is 11.7 Å². The average molecular weight is 178 g/mol. The summed E-state index contributed by atoms with van der Waals surface area (Å²) in [6.07, 6.45) is 7.59. The van der Waals surface area contributed by atoms with Crippen LogP contribution in [0.4, 0.5) is 0 Å². The number of fused-ring (bicyclic) bond motifs is 1. The molecule has 1 nitrogen and oxygen atoms in total. The second kappa shape index (κ2) is 2.97. The van der Waals surface area contributed by atoms with Crippen molar-refractivity contribution in [1.82, 2.24) is 0 Å². The summed E-state index contributed by atoms with van der Waals surface area (Å²) in [6.45, 7) is 4.38. The van der Waals surface area contributed by atoms with E-state index in [9.17, 15) is 4.79 Å². The third-order valence-corrected chi connectivity index (χ3v) is 3.98. The van der Waals surface area contributed by atoms with Crippen LogP contribution in [0.5, 0.6) is 0 Å². The number of carbonyl (C=O) groups is 1. The third-order valence-electron chi connectivity index (χ3n) is 3.98. The Bertz CT molecular complexity index is 264. The van der Waals surface area contributed by atoms with Crippen LogP contribution < -0.4 is 0 Å². The van der Waals surface area contributed by atoms with Gasteiger partial charge in [-0.3, -0.25) is 4.79 Å². The molecule has 0 amide bonds. The van der Waals surface area contributed by atoms with E-state index in [1.807, 2.05) is 0 Å². The highest BCUT2D eigenvalue weighted by atomic mass is 16.1. The highest BCUT2D eigenvalue weighted by molar-refractivity contribution is 5.86. The van der Waals surface area contributed by atoms with Crippen LogP contribution in [-0.2, 0) is 4.79 Å². The third kappa shape index (κ3) is 1.25. The van der Waals surface area contributed by atoms with Crippen molar-refractivity contribution in [3.05, 3.63) is 11.6 Å². The second-order valence-corrected chi connectivity index (χ2v) is 4.77. The van der Waals surface area contributed by atoms with Gasteiger partial charge in [0.15, 0.2) is 0 Å². The largest absolute Gasteiger partial charge is 0.299 e. The number of carbonyl (C=O) groups excluding carboxylic acids is 1. The van der Waals surface area contributed by atoms with Gasteiger partial charge in [0.1, 0.15) is 5.78 Å². The Morgan fingerprint density at radius 1 is 1.54 bits per heavy atom. The molecule has 1 saturated carbocycles. The van der Waals surface area contributed by atoms with Gasteiger partial charge < -0.3 is 0 Å². The van der Waals surface area contributed by atoms with Crippen molar-refractivity contribution in [1.29, 1.82) is 0 Å². The van der Waals surface area contributed by atoms with Crippen molar-refractivity contribution in [2.24, 2.45) is 11.3 Å². The van der Waals surface area contributed by atoms with Gasteiger partial charge in [-0.1, -0.05) is 25.0 Å². The molecule has 2 aliphatic carbocycles. The summed E-state index contributed by atoms with van der Waals surface area (Å²) in [5.74, 6) is 1.06. The number of hydrogen-bond donors (Lipinski definition) is 0. The molecule has 1 fully saturated rings. The highest BCUT2D eigenvalue weighted by Crippen LogP contribution is 2.49. The molecule has 0 spiro atoms. The molecule has 0 aromatic rings. The smallest absolute Gasteiger partial charge is 0.139 e. The summed E-state index contributed by atoms with van der Waals surface area (Å²) in [5, 5.41) is 0. The van der Waals surface area contributed by atoms with Gasteiger partial charge in [-0.05, 0) is 32.1 Å². The predicted octanol–water partition coefficient (Wildman–Crippen LogP) is 3.10. The molecule has 0 unspecified atom stereocenters. The summed E-state index contributed by atoms with van der Waals surface area (Å²) >= 11 is 0. The van der Waals surface area contributed by atoms with Crippen LogP contribution in [0.15, 0.2) is 11.6 Å². The van der Waals surface area contributed by atoms with E-state index in [1.54, 1.807) is 0 Å². The first-order valence-electron chi connectivity index (χ1n) is 5.34. The van der Waals surface area contributed by atoms with Crippen LogP contribution in [0.25, 0.3) is 0 Å². The average Bonchev–Trinajstić information content (AvgIpc) is 2.44. The van der Waals surface area contributed by atoms with E-state index in [1.165, 1.54) is 18.4 Å². The van der Waals surface area contributed by atoms with Crippen molar-refractivity contribution in [2.75, 3.05) is 0 Å². The number of rotatable bonds is 0. The normalized spacial score (nSPS) is 39.7. The minimum absolute atomic E-state index is 0.00289. The topological polar surface area (TPSA) is 17.1 Å². The quantitative estimate of drug-likeness (QED) is 0.521. The van der Waals surface area contributed by atoms with Crippen LogP contribution >= 0.6 is 0 Å². The summed E-state index contributed by atoms with van der Waals surface area (Å²) < 4.78 is 0. The van der Waals surface area contributed by atoms with Crippen molar-refractivity contribution < 1.29 is 4.79 Å². The van der Waals surface area contributed by atoms with Gasteiger partial charge >= 0.3 is 0 Å². The Balaban J connectivity index is 2.37. The molecule has 2 aliphatic rings. The fourth-order valence-electron chi connectivity index (χ4n) is 3.09. The van der Waals surface area contributed by atoms with Crippen molar-refractivity contribution >= 4 is 5.78 Å². The van der Waals surface area contributed by atoms with Gasteiger partial charge in [0, 0.05) is 11.8 Å². The van der Waals surface area contributed by atoms with E-state index in [4.69, 9.17) is 0 Å². The molecule has 0 aromatic heterocycles. The predicted molar refractivity (Wildman–Crippen MR) is 53.4 cm³/mol. The summed E-state index contributed by atoms with van der Waals surface area (Å²) in [6, 6.07) is 0. The fourth-order valence-corrected chi connectivity index (χ4v) is 3.09. The van der Waals surface area contributed by atoms with Crippen LogP contribution in [0.1, 0.15) is 46.0 Å². The maximum Gasteiger partial charge on any atom is 0.139 e. The number of Topliss-reactive ketones (excluding diaryl/α,β-unsaturated/α-hetero) is 1. The van der Waals surface area contributed by atoms with Gasteiger partial charge in [-0.2, -0.15) is 0 Å². The summed E-state index contributed by atoms with van der Waals surface area (Å²) in [4.78, 5) is 11.9. The number of hydrogen-bond acceptors (Lipinski definition) is 1. The molecule has 0 N–H and O–H groups in total. The molecule has 0 heterocycles. The lowest BCUT2D eigenvalue weighted by molar-refractivity contribution is -0.128. The molecule has 2 atom stereocenters. The highest BCUT2D eigenvalue weighted by Gasteiger charge is 2.45. The lowest BCUT2D eigenvalue weighted by atomic mass is 9.73. The molecule has 1 heteroatoms. The molecule has 13 heavy (non-hydrogen) atoms. The van der Waals surface area contributed by atoms with E-state index in [-0.39, 0.29) is 5.41 Å². The van der Waals surface area contributed by atoms with E-state index < -0.39 is 0 Å². The van der Waals surface area contributed by atoms with Gasteiger partial charge in [-0.25, -0.2) is 0 Å². The van der Waals surface area contributed by atoms with Gasteiger partial charge in [-0.15, -0.1) is 0 Å². The van der Waals surface area contributed by atoms with Gasteiger partial charge in [0.2, 0.25) is 0 Å². The van der Waals surface area contributed by atoms with E-state index in [2.05, 4.69) is 19.9 Å². The molecular weight excluding hydrogens is 160 g/mol. The molecule has 2 rings (SSSR count). The molecule has 0 radical (unpaired) electrons. The van der Waals surface area contributed by atoms with Gasteiger partial charge in [0.25, 0.3) is 0 Å². The first kappa shape index (κ1) is 8.98. The standard InChI is InChI=1S/C12H18O/c1-9-5-3-7-11(13)12(2)8-4-6-10(9)12/h5,10H,3-4,6-8H2,1-2H3/t10-,12+/m0/s1. The molecular formula is C12H18O. The minimum atomic E-state index is -0.00289.